The molecule has 6 nitrogen and oxygen atoms in total. The van der Waals surface area contributed by atoms with Crippen molar-refractivity contribution in [3.63, 3.8) is 0 Å². The first kappa shape index (κ1) is 15.2. The molecule has 2 aliphatic rings. The molecule has 22 heavy (non-hydrogen) atoms. The first-order valence-corrected chi connectivity index (χ1v) is 8.43. The Bertz CT molecular complexity index is 588. The summed E-state index contributed by atoms with van der Waals surface area (Å²) in [6, 6.07) is -0.347. The smallest absolute Gasteiger partial charge is 0.275 e. The molecule has 0 spiro atoms. The Balaban J connectivity index is 1.70. The van der Waals surface area contributed by atoms with E-state index in [1.165, 1.54) is 12.8 Å². The van der Waals surface area contributed by atoms with Gasteiger partial charge in [0.2, 0.25) is 5.91 Å². The predicted molar refractivity (Wildman–Crippen MR) is 82.4 cm³/mol. The minimum Gasteiger partial charge on any atom is -0.347 e. The molecular formula is C16H24N4O2. The average Bonchev–Trinajstić information content (AvgIpc) is 3.15. The summed E-state index contributed by atoms with van der Waals surface area (Å²) in [5.41, 5.74) is 0.115. The van der Waals surface area contributed by atoms with Crippen LogP contribution in [-0.4, -0.2) is 21.1 Å². The quantitative estimate of drug-likeness (QED) is 0.843. The van der Waals surface area contributed by atoms with Gasteiger partial charge in [-0.3, -0.25) is 9.59 Å². The van der Waals surface area contributed by atoms with Gasteiger partial charge in [0.15, 0.2) is 5.69 Å². The van der Waals surface area contributed by atoms with Crippen molar-refractivity contribution in [2.75, 3.05) is 0 Å². The average molecular weight is 304 g/mol. The Kier molecular flexibility index (Phi) is 4.55. The highest BCUT2D eigenvalue weighted by atomic mass is 16.2. The second-order valence-corrected chi connectivity index (χ2v) is 6.58. The van der Waals surface area contributed by atoms with Crippen LogP contribution in [0.4, 0.5) is 0 Å². The Morgan fingerprint density at radius 1 is 1.27 bits per heavy atom. The van der Waals surface area contributed by atoms with E-state index in [1.807, 2.05) is 6.92 Å². The van der Waals surface area contributed by atoms with Gasteiger partial charge in [-0.1, -0.05) is 19.8 Å². The molecule has 0 aromatic carbocycles. The number of H-pyrrole nitrogens is 1. The van der Waals surface area contributed by atoms with Gasteiger partial charge in [-0.2, -0.15) is 0 Å². The third-order valence-electron chi connectivity index (χ3n) is 4.73. The summed E-state index contributed by atoms with van der Waals surface area (Å²) >= 11 is 0. The van der Waals surface area contributed by atoms with E-state index in [4.69, 9.17) is 0 Å². The lowest BCUT2D eigenvalue weighted by Crippen LogP contribution is -2.34. The minimum atomic E-state index is -0.347. The van der Waals surface area contributed by atoms with Crippen LogP contribution in [0.5, 0.6) is 0 Å². The van der Waals surface area contributed by atoms with Crippen molar-refractivity contribution >= 4 is 5.91 Å². The summed E-state index contributed by atoms with van der Waals surface area (Å²) in [4.78, 5) is 27.1. The van der Waals surface area contributed by atoms with E-state index in [2.05, 4.69) is 20.5 Å². The summed E-state index contributed by atoms with van der Waals surface area (Å²) in [7, 11) is 0. The van der Waals surface area contributed by atoms with Gasteiger partial charge in [0.25, 0.3) is 5.56 Å². The van der Waals surface area contributed by atoms with Crippen LogP contribution in [0.3, 0.4) is 0 Å². The summed E-state index contributed by atoms with van der Waals surface area (Å²) in [5.74, 6) is 1.58. The van der Waals surface area contributed by atoms with Gasteiger partial charge in [0.1, 0.15) is 5.82 Å². The van der Waals surface area contributed by atoms with E-state index in [0.717, 1.165) is 25.7 Å². The molecule has 2 saturated carbocycles. The maximum absolute atomic E-state index is 12.3. The molecule has 1 heterocycles. The summed E-state index contributed by atoms with van der Waals surface area (Å²) in [5, 5.41) is 11.3. The normalized spacial score (nSPS) is 20.0. The maximum Gasteiger partial charge on any atom is 0.275 e. The largest absolute Gasteiger partial charge is 0.347 e. The second kappa shape index (κ2) is 6.58. The lowest BCUT2D eigenvalue weighted by Gasteiger charge is -2.16. The van der Waals surface area contributed by atoms with Crippen molar-refractivity contribution in [3.05, 3.63) is 21.9 Å². The van der Waals surface area contributed by atoms with Crippen LogP contribution < -0.4 is 10.9 Å². The number of nitrogens with one attached hydrogen (secondary N) is 2. The third-order valence-corrected chi connectivity index (χ3v) is 4.73. The molecule has 2 aliphatic carbocycles. The number of aromatic amines is 1. The van der Waals surface area contributed by atoms with Crippen molar-refractivity contribution in [3.8, 4) is 0 Å². The zero-order chi connectivity index (χ0) is 15.5. The Morgan fingerprint density at radius 3 is 2.59 bits per heavy atom. The fraction of sp³-hybridized carbons (Fsp3) is 0.750. The molecule has 1 atom stereocenters. The fourth-order valence-corrected chi connectivity index (χ4v) is 3.17. The van der Waals surface area contributed by atoms with Crippen LogP contribution in [0, 0.1) is 5.92 Å². The van der Waals surface area contributed by atoms with Crippen molar-refractivity contribution in [1.82, 2.24) is 20.5 Å². The zero-order valence-corrected chi connectivity index (χ0v) is 13.1. The van der Waals surface area contributed by atoms with Crippen LogP contribution in [-0.2, 0) is 4.79 Å². The van der Waals surface area contributed by atoms with Gasteiger partial charge in [-0.25, -0.2) is 0 Å². The van der Waals surface area contributed by atoms with Gasteiger partial charge in [-0.15, -0.1) is 10.2 Å². The monoisotopic (exact) mass is 304 g/mol. The van der Waals surface area contributed by atoms with Crippen LogP contribution in [0.1, 0.15) is 81.8 Å². The molecule has 0 aliphatic heterocycles. The standard InChI is InChI=1S/C16H24N4O2/c1-2-12(17-13(21)9-10-7-8-10)14-16(22)18-15(20-19-14)11-5-3-4-6-11/h10-12H,2-9H2,1H3,(H,17,21)(H,18,20,22). The predicted octanol–water partition coefficient (Wildman–Crippen LogP) is 2.19. The van der Waals surface area contributed by atoms with Gasteiger partial charge in [0.05, 0.1) is 6.04 Å². The lowest BCUT2D eigenvalue weighted by molar-refractivity contribution is -0.122. The number of carbonyl (C=O) groups is 1. The number of amides is 1. The lowest BCUT2D eigenvalue weighted by atomic mass is 10.1. The number of rotatable bonds is 6. The molecule has 0 saturated heterocycles. The molecule has 0 radical (unpaired) electrons. The highest BCUT2D eigenvalue weighted by Gasteiger charge is 2.27. The fourth-order valence-electron chi connectivity index (χ4n) is 3.17. The molecule has 1 aromatic heterocycles. The van der Waals surface area contributed by atoms with Crippen LogP contribution in [0.2, 0.25) is 0 Å². The summed E-state index contributed by atoms with van der Waals surface area (Å²) in [6.45, 7) is 1.94. The molecule has 1 amide bonds. The molecule has 1 unspecified atom stereocenters. The zero-order valence-electron chi connectivity index (χ0n) is 13.1. The highest BCUT2D eigenvalue weighted by molar-refractivity contribution is 5.76. The molecule has 1 aromatic rings. The van der Waals surface area contributed by atoms with Crippen molar-refractivity contribution in [2.45, 2.75) is 70.3 Å². The van der Waals surface area contributed by atoms with Gasteiger partial charge >= 0.3 is 0 Å². The van der Waals surface area contributed by atoms with E-state index >= 15 is 0 Å². The summed E-state index contributed by atoms with van der Waals surface area (Å²) < 4.78 is 0. The van der Waals surface area contributed by atoms with E-state index in [0.29, 0.717) is 36.2 Å². The Hall–Kier alpha value is -1.72. The SMILES string of the molecule is CCC(NC(=O)CC1CC1)c1nnc(C2CCCC2)[nH]c1=O. The molecule has 120 valence electrons. The van der Waals surface area contributed by atoms with Gasteiger partial charge in [0, 0.05) is 12.3 Å². The van der Waals surface area contributed by atoms with Crippen LogP contribution in [0.25, 0.3) is 0 Å². The topological polar surface area (TPSA) is 87.7 Å². The van der Waals surface area contributed by atoms with E-state index in [9.17, 15) is 9.59 Å². The number of aromatic nitrogens is 3. The minimum absolute atomic E-state index is 0.00965. The van der Waals surface area contributed by atoms with Crippen molar-refractivity contribution in [1.29, 1.82) is 0 Å². The molecule has 2 fully saturated rings. The Morgan fingerprint density at radius 2 is 2.00 bits per heavy atom. The first-order valence-electron chi connectivity index (χ1n) is 8.43. The first-order chi connectivity index (χ1) is 10.7. The van der Waals surface area contributed by atoms with Crippen LogP contribution >= 0.6 is 0 Å². The van der Waals surface area contributed by atoms with Gasteiger partial charge < -0.3 is 10.3 Å². The maximum atomic E-state index is 12.3. The number of hydrogen-bond donors (Lipinski definition) is 2. The van der Waals surface area contributed by atoms with Crippen molar-refractivity contribution in [2.24, 2.45) is 5.92 Å². The van der Waals surface area contributed by atoms with E-state index < -0.39 is 0 Å². The summed E-state index contributed by atoms with van der Waals surface area (Å²) in [6.07, 6.45) is 7.98. The van der Waals surface area contributed by atoms with E-state index in [1.54, 1.807) is 0 Å². The number of carbonyl (C=O) groups excluding carboxylic acids is 1. The molecule has 0 bridgehead atoms. The van der Waals surface area contributed by atoms with E-state index in [-0.39, 0.29) is 17.5 Å². The molecule has 2 N–H and O–H groups in total. The second-order valence-electron chi connectivity index (χ2n) is 6.58. The number of nitrogens with zero attached hydrogens (tertiary/aromatic N) is 2. The highest BCUT2D eigenvalue weighted by Crippen LogP contribution is 2.32. The molecule has 3 rings (SSSR count). The molecule has 6 heteroatoms. The Labute approximate surface area is 130 Å². The molecular weight excluding hydrogens is 280 g/mol. The van der Waals surface area contributed by atoms with Gasteiger partial charge in [-0.05, 0) is 38.0 Å². The third kappa shape index (κ3) is 3.54. The van der Waals surface area contributed by atoms with Crippen molar-refractivity contribution < 1.29 is 4.79 Å². The van der Waals surface area contributed by atoms with Crippen LogP contribution in [0.15, 0.2) is 4.79 Å². The number of hydrogen-bond acceptors (Lipinski definition) is 4.